The molecule has 0 radical (unpaired) electrons. The molecule has 39 heavy (non-hydrogen) atoms. The van der Waals surface area contributed by atoms with E-state index in [1.165, 1.54) is 17.6 Å². The summed E-state index contributed by atoms with van der Waals surface area (Å²) in [7, 11) is -3.33. The Morgan fingerprint density at radius 3 is 2.31 bits per heavy atom. The van der Waals surface area contributed by atoms with E-state index >= 15 is 0 Å². The monoisotopic (exact) mass is 584 g/mol. The zero-order valence-corrected chi connectivity index (χ0v) is 25.0. The number of hydrogen-bond donors (Lipinski definition) is 0. The first kappa shape index (κ1) is 29.0. The van der Waals surface area contributed by atoms with Gasteiger partial charge in [0.1, 0.15) is 0 Å². The van der Waals surface area contributed by atoms with Gasteiger partial charge in [-0.3, -0.25) is 4.79 Å². The fraction of sp³-hybridized carbons (Fsp3) is 0.310. The predicted octanol–water partition coefficient (Wildman–Crippen LogP) is 6.13. The molecule has 0 fully saturated rings. The van der Waals surface area contributed by atoms with E-state index in [4.69, 9.17) is 16.7 Å². The molecule has 7 nitrogen and oxygen atoms in total. The van der Waals surface area contributed by atoms with Crippen molar-refractivity contribution >= 4 is 38.7 Å². The molecular formula is C29H33ClN4O3S2. The Balaban J connectivity index is 1.74. The number of hydrogen-bond acceptors (Lipinski definition) is 6. The second kappa shape index (κ2) is 12.5. The molecule has 2 aromatic carbocycles. The number of carbonyl (C=O) groups is 1. The maximum Gasteiger partial charge on any atom is 0.274 e. The minimum Gasteiger partial charge on any atom is -0.336 e. The van der Waals surface area contributed by atoms with E-state index in [1.807, 2.05) is 54.3 Å². The minimum atomic E-state index is -3.33. The molecule has 0 aliphatic rings. The van der Waals surface area contributed by atoms with Crippen molar-refractivity contribution in [2.75, 3.05) is 39.0 Å². The van der Waals surface area contributed by atoms with Gasteiger partial charge in [-0.05, 0) is 68.0 Å². The van der Waals surface area contributed by atoms with Crippen LogP contribution >= 0.6 is 22.9 Å². The van der Waals surface area contributed by atoms with Gasteiger partial charge in [0.05, 0.1) is 26.2 Å². The lowest BCUT2D eigenvalue weighted by Gasteiger charge is -2.24. The van der Waals surface area contributed by atoms with E-state index < -0.39 is 9.84 Å². The number of thiophene rings is 1. The third-order valence-electron chi connectivity index (χ3n) is 6.66. The van der Waals surface area contributed by atoms with Gasteiger partial charge in [-0.15, -0.1) is 11.3 Å². The van der Waals surface area contributed by atoms with Gasteiger partial charge >= 0.3 is 0 Å². The van der Waals surface area contributed by atoms with Crippen molar-refractivity contribution in [3.8, 4) is 26.7 Å². The molecule has 2 heterocycles. The Bertz CT molecular complexity index is 1560. The third-order valence-corrected chi connectivity index (χ3v) is 9.25. The van der Waals surface area contributed by atoms with E-state index in [2.05, 4.69) is 18.7 Å². The van der Waals surface area contributed by atoms with Crippen LogP contribution in [0, 0.1) is 0 Å². The van der Waals surface area contributed by atoms with E-state index in [1.54, 1.807) is 28.9 Å². The van der Waals surface area contributed by atoms with Gasteiger partial charge in [0, 0.05) is 30.8 Å². The van der Waals surface area contributed by atoms with Gasteiger partial charge in [-0.2, -0.15) is 5.10 Å². The van der Waals surface area contributed by atoms with E-state index in [0.29, 0.717) is 29.5 Å². The Morgan fingerprint density at radius 1 is 0.923 bits per heavy atom. The van der Waals surface area contributed by atoms with Gasteiger partial charge in [-0.1, -0.05) is 49.7 Å². The molecule has 1 amide bonds. The van der Waals surface area contributed by atoms with Crippen LogP contribution < -0.4 is 0 Å². The molecule has 0 unspecified atom stereocenters. The molecule has 0 atom stereocenters. The first-order chi connectivity index (χ1) is 18.7. The van der Waals surface area contributed by atoms with Gasteiger partial charge in [0.25, 0.3) is 5.91 Å². The number of likely N-dealkylation sites (N-methyl/N-ethyl adjacent to an activating group) is 2. The van der Waals surface area contributed by atoms with Crippen LogP contribution in [-0.2, 0) is 9.84 Å². The number of aromatic nitrogens is 2. The van der Waals surface area contributed by atoms with Crippen molar-refractivity contribution in [3.05, 3.63) is 77.4 Å². The summed E-state index contributed by atoms with van der Waals surface area (Å²) in [5.41, 5.74) is 2.57. The van der Waals surface area contributed by atoms with Crippen LogP contribution in [0.25, 0.3) is 26.7 Å². The van der Waals surface area contributed by atoms with Crippen LogP contribution in [0.1, 0.15) is 31.3 Å². The highest BCUT2D eigenvalue weighted by Crippen LogP contribution is 2.37. The van der Waals surface area contributed by atoms with E-state index in [9.17, 15) is 13.2 Å². The van der Waals surface area contributed by atoms with Crippen LogP contribution in [0.5, 0.6) is 0 Å². The summed E-state index contributed by atoms with van der Waals surface area (Å²) in [4.78, 5) is 19.7. The highest BCUT2D eigenvalue weighted by Gasteiger charge is 2.23. The second-order valence-corrected chi connectivity index (χ2v) is 12.7. The van der Waals surface area contributed by atoms with Crippen molar-refractivity contribution in [2.45, 2.75) is 25.7 Å². The number of para-hydroxylation sites is 1. The number of amides is 1. The summed E-state index contributed by atoms with van der Waals surface area (Å²) < 4.78 is 25.9. The van der Waals surface area contributed by atoms with Crippen LogP contribution in [-0.4, -0.2) is 72.9 Å². The molecule has 4 rings (SSSR count). The van der Waals surface area contributed by atoms with Crippen molar-refractivity contribution < 1.29 is 13.2 Å². The average molecular weight is 585 g/mol. The maximum atomic E-state index is 13.6. The van der Waals surface area contributed by atoms with Crippen LogP contribution in [0.3, 0.4) is 0 Å². The van der Waals surface area contributed by atoms with Crippen molar-refractivity contribution in [1.82, 2.24) is 19.6 Å². The number of rotatable bonds is 11. The highest BCUT2D eigenvalue weighted by atomic mass is 35.5. The van der Waals surface area contributed by atoms with Crippen LogP contribution in [0.2, 0.25) is 5.02 Å². The lowest BCUT2D eigenvalue weighted by Crippen LogP contribution is -2.38. The summed E-state index contributed by atoms with van der Waals surface area (Å²) in [5.74, 6) is -0.130. The molecule has 0 saturated carbocycles. The summed E-state index contributed by atoms with van der Waals surface area (Å²) in [6.45, 7) is 10.1. The number of benzene rings is 2. The predicted molar refractivity (Wildman–Crippen MR) is 160 cm³/mol. The summed E-state index contributed by atoms with van der Waals surface area (Å²) >= 11 is 8.06. The fourth-order valence-corrected chi connectivity index (χ4v) is 6.23. The molecule has 0 bridgehead atoms. The number of carbonyl (C=O) groups excluding carboxylic acids is 1. The molecule has 0 saturated heterocycles. The summed E-state index contributed by atoms with van der Waals surface area (Å²) in [5, 5.41) is 5.26. The average Bonchev–Trinajstić information content (AvgIpc) is 3.59. The molecular weight excluding hydrogens is 552 g/mol. The summed E-state index contributed by atoms with van der Waals surface area (Å²) in [6.07, 6.45) is 1.20. The van der Waals surface area contributed by atoms with E-state index in [0.717, 1.165) is 40.6 Å². The minimum absolute atomic E-state index is 0.130. The molecule has 2 aromatic heterocycles. The molecule has 206 valence electrons. The Hall–Kier alpha value is -2.98. The molecule has 4 aromatic rings. The largest absolute Gasteiger partial charge is 0.336 e. The number of halogens is 1. The fourth-order valence-electron chi connectivity index (χ4n) is 4.35. The molecule has 0 spiro atoms. The quantitative estimate of drug-likeness (QED) is 0.212. The highest BCUT2D eigenvalue weighted by molar-refractivity contribution is 7.90. The van der Waals surface area contributed by atoms with Gasteiger partial charge in [0.15, 0.2) is 15.5 Å². The Labute approximate surface area is 239 Å². The lowest BCUT2D eigenvalue weighted by molar-refractivity contribution is 0.0740. The van der Waals surface area contributed by atoms with Crippen LogP contribution in [0.15, 0.2) is 71.6 Å². The second-order valence-electron chi connectivity index (χ2n) is 9.15. The zero-order valence-electron chi connectivity index (χ0n) is 22.6. The third kappa shape index (κ3) is 6.61. The van der Waals surface area contributed by atoms with Crippen molar-refractivity contribution in [3.63, 3.8) is 0 Å². The standard InChI is InChI=1S/C29H33ClN4O3S2/c1-5-32(6-2)17-18-33(7-3)29(35)24-20-26(34(31-24)25-14-9-8-13-23(25)30)28-16-15-27(38-28)21-11-10-12-22(19-21)39(4,36)37/h8-16,19-20H,5-7,17-18H2,1-4H3. The normalized spacial score (nSPS) is 11.7. The number of nitrogens with zero attached hydrogens (tertiary/aromatic N) is 4. The van der Waals surface area contributed by atoms with Crippen LogP contribution in [0.4, 0.5) is 0 Å². The first-order valence-electron chi connectivity index (χ1n) is 12.9. The number of sulfone groups is 1. The molecule has 0 N–H and O–H groups in total. The van der Waals surface area contributed by atoms with Gasteiger partial charge in [-0.25, -0.2) is 13.1 Å². The SMILES string of the molecule is CCN(CC)CCN(CC)C(=O)c1cc(-c2ccc(-c3cccc(S(C)(=O)=O)c3)s2)n(-c2ccccc2Cl)n1. The summed E-state index contributed by atoms with van der Waals surface area (Å²) in [6, 6.07) is 20.0. The van der Waals surface area contributed by atoms with Crippen molar-refractivity contribution in [1.29, 1.82) is 0 Å². The topological polar surface area (TPSA) is 75.5 Å². The van der Waals surface area contributed by atoms with Gasteiger partial charge in [0.2, 0.25) is 0 Å². The molecule has 0 aliphatic carbocycles. The van der Waals surface area contributed by atoms with Crippen molar-refractivity contribution in [2.24, 2.45) is 0 Å². The molecule has 0 aliphatic heterocycles. The maximum absolute atomic E-state index is 13.6. The molecule has 10 heteroatoms. The first-order valence-corrected chi connectivity index (χ1v) is 16.0. The van der Waals surface area contributed by atoms with E-state index in [-0.39, 0.29) is 10.8 Å². The lowest BCUT2D eigenvalue weighted by atomic mass is 10.2. The Kier molecular flexibility index (Phi) is 9.27. The smallest absolute Gasteiger partial charge is 0.274 e. The zero-order chi connectivity index (χ0) is 28.2. The Morgan fingerprint density at radius 2 is 1.64 bits per heavy atom. The van der Waals surface area contributed by atoms with Gasteiger partial charge < -0.3 is 9.80 Å².